The van der Waals surface area contributed by atoms with Crippen LogP contribution in [0.15, 0.2) is 4.99 Å². The molecule has 0 aromatic heterocycles. The van der Waals surface area contributed by atoms with E-state index in [9.17, 15) is 4.79 Å². The fraction of sp³-hybridized carbons (Fsp3) is 0.905. The molecule has 3 heterocycles. The number of carbonyl (C=O) groups is 1. The van der Waals surface area contributed by atoms with E-state index < -0.39 is 0 Å². The first kappa shape index (κ1) is 22.3. The van der Waals surface area contributed by atoms with E-state index >= 15 is 0 Å². The van der Waals surface area contributed by atoms with Crippen molar-refractivity contribution in [3.8, 4) is 0 Å². The third kappa shape index (κ3) is 6.55. The molecule has 0 radical (unpaired) electrons. The second-order valence-corrected chi connectivity index (χ2v) is 8.24. The van der Waals surface area contributed by atoms with Crippen molar-refractivity contribution in [1.82, 2.24) is 20.0 Å². The topological polar surface area (TPSA) is 69.6 Å². The molecule has 29 heavy (non-hydrogen) atoms. The molecular formula is C21H39N5O3. The van der Waals surface area contributed by atoms with E-state index in [1.54, 1.807) is 0 Å². The Bertz CT molecular complexity index is 524. The van der Waals surface area contributed by atoms with Gasteiger partial charge in [-0.25, -0.2) is 0 Å². The van der Waals surface area contributed by atoms with Crippen molar-refractivity contribution in [2.24, 2.45) is 4.99 Å². The van der Waals surface area contributed by atoms with Gasteiger partial charge in [0.05, 0.1) is 12.1 Å². The molecule has 0 spiro atoms. The normalized spacial score (nSPS) is 23.4. The second kappa shape index (κ2) is 11.7. The van der Waals surface area contributed by atoms with Gasteiger partial charge in [0.1, 0.15) is 0 Å². The maximum absolute atomic E-state index is 12.6. The van der Waals surface area contributed by atoms with Crippen LogP contribution in [0.1, 0.15) is 39.0 Å². The summed E-state index contributed by atoms with van der Waals surface area (Å²) >= 11 is 0. The summed E-state index contributed by atoms with van der Waals surface area (Å²) in [6.45, 7) is 10.8. The number of rotatable bonds is 7. The number of amides is 1. The van der Waals surface area contributed by atoms with Crippen LogP contribution in [-0.4, -0.2) is 111 Å². The van der Waals surface area contributed by atoms with Crippen LogP contribution in [0.2, 0.25) is 0 Å². The third-order valence-electron chi connectivity index (χ3n) is 6.27. The minimum Gasteiger partial charge on any atom is -0.381 e. The van der Waals surface area contributed by atoms with Gasteiger partial charge in [0, 0.05) is 72.7 Å². The zero-order valence-electron chi connectivity index (χ0n) is 18.3. The summed E-state index contributed by atoms with van der Waals surface area (Å²) in [4.78, 5) is 23.7. The highest BCUT2D eigenvalue weighted by Crippen LogP contribution is 2.14. The number of hydrogen-bond donors (Lipinski definition) is 1. The van der Waals surface area contributed by atoms with Crippen molar-refractivity contribution in [2.45, 2.75) is 51.2 Å². The largest absolute Gasteiger partial charge is 0.381 e. The van der Waals surface area contributed by atoms with Crippen molar-refractivity contribution in [1.29, 1.82) is 0 Å². The van der Waals surface area contributed by atoms with Gasteiger partial charge in [0.25, 0.3) is 0 Å². The molecule has 1 unspecified atom stereocenters. The van der Waals surface area contributed by atoms with Gasteiger partial charge in [0.15, 0.2) is 5.96 Å². The number of nitrogens with zero attached hydrogens (tertiary/aromatic N) is 4. The number of ether oxygens (including phenoxy) is 2. The SMILES string of the molecule is CN=C(NCCCOC1CCOCC1)N1CCN(C(C)C(=O)N2CCCC2)CC1. The van der Waals surface area contributed by atoms with E-state index in [1.807, 2.05) is 11.9 Å². The first-order valence-electron chi connectivity index (χ1n) is 11.4. The number of nitrogens with one attached hydrogen (secondary N) is 1. The first-order valence-corrected chi connectivity index (χ1v) is 11.4. The van der Waals surface area contributed by atoms with Gasteiger partial charge in [0.2, 0.25) is 5.91 Å². The average molecular weight is 410 g/mol. The zero-order valence-corrected chi connectivity index (χ0v) is 18.3. The molecule has 3 saturated heterocycles. The summed E-state index contributed by atoms with van der Waals surface area (Å²) in [6, 6.07) is -0.0208. The molecular weight excluding hydrogens is 370 g/mol. The summed E-state index contributed by atoms with van der Waals surface area (Å²) in [5, 5.41) is 3.47. The van der Waals surface area contributed by atoms with Gasteiger partial charge < -0.3 is 24.6 Å². The van der Waals surface area contributed by atoms with E-state index in [0.717, 1.165) is 104 Å². The third-order valence-corrected chi connectivity index (χ3v) is 6.27. The summed E-state index contributed by atoms with van der Waals surface area (Å²) in [5.74, 6) is 1.25. The Morgan fingerprint density at radius 1 is 1.10 bits per heavy atom. The number of hydrogen-bond acceptors (Lipinski definition) is 5. The molecule has 8 heteroatoms. The summed E-state index contributed by atoms with van der Waals surface area (Å²) < 4.78 is 11.3. The van der Waals surface area contributed by atoms with E-state index in [0.29, 0.717) is 12.0 Å². The van der Waals surface area contributed by atoms with Crippen LogP contribution < -0.4 is 5.32 Å². The van der Waals surface area contributed by atoms with Gasteiger partial charge in [-0.05, 0) is 39.0 Å². The standard InChI is InChI=1S/C21H39N5O3/c1-18(20(27)25-9-3-4-10-25)24-11-13-26(14-12-24)21(22-2)23-8-5-15-29-19-6-16-28-17-7-19/h18-19H,3-17H2,1-2H3,(H,22,23). The number of carbonyl (C=O) groups excluding carboxylic acids is 1. The molecule has 1 amide bonds. The van der Waals surface area contributed by atoms with E-state index in [1.165, 1.54) is 0 Å². The molecule has 3 rings (SSSR count). The lowest BCUT2D eigenvalue weighted by molar-refractivity contribution is -0.135. The van der Waals surface area contributed by atoms with E-state index in [-0.39, 0.29) is 6.04 Å². The lowest BCUT2D eigenvalue weighted by atomic mass is 10.1. The van der Waals surface area contributed by atoms with Crippen LogP contribution in [0, 0.1) is 0 Å². The molecule has 0 aromatic rings. The van der Waals surface area contributed by atoms with Gasteiger partial charge in [-0.1, -0.05) is 0 Å². The summed E-state index contributed by atoms with van der Waals surface area (Å²) in [6.07, 6.45) is 5.65. The predicted molar refractivity (Wildman–Crippen MR) is 114 cm³/mol. The maximum atomic E-state index is 12.6. The highest BCUT2D eigenvalue weighted by Gasteiger charge is 2.30. The smallest absolute Gasteiger partial charge is 0.239 e. The quantitative estimate of drug-likeness (QED) is 0.381. The molecule has 3 fully saturated rings. The van der Waals surface area contributed by atoms with Crippen LogP contribution in [0.3, 0.4) is 0 Å². The molecule has 0 aromatic carbocycles. The van der Waals surface area contributed by atoms with E-state index in [4.69, 9.17) is 9.47 Å². The van der Waals surface area contributed by atoms with Crippen LogP contribution in [0.4, 0.5) is 0 Å². The van der Waals surface area contributed by atoms with Crippen LogP contribution >= 0.6 is 0 Å². The molecule has 0 saturated carbocycles. The second-order valence-electron chi connectivity index (χ2n) is 8.24. The van der Waals surface area contributed by atoms with Gasteiger partial charge in [-0.3, -0.25) is 14.7 Å². The van der Waals surface area contributed by atoms with Crippen molar-refractivity contribution >= 4 is 11.9 Å². The Hall–Kier alpha value is -1.38. The number of aliphatic imine (C=N–C) groups is 1. The summed E-state index contributed by atoms with van der Waals surface area (Å²) in [7, 11) is 1.84. The van der Waals surface area contributed by atoms with Crippen LogP contribution in [0.5, 0.6) is 0 Å². The Kier molecular flexibility index (Phi) is 9.01. The molecule has 3 aliphatic rings. The highest BCUT2D eigenvalue weighted by atomic mass is 16.5. The predicted octanol–water partition coefficient (Wildman–Crippen LogP) is 0.776. The highest BCUT2D eigenvalue weighted by molar-refractivity contribution is 5.82. The fourth-order valence-corrected chi connectivity index (χ4v) is 4.38. The van der Waals surface area contributed by atoms with Crippen LogP contribution in [-0.2, 0) is 14.3 Å². The number of piperazine rings is 1. The molecule has 0 bridgehead atoms. The molecule has 3 aliphatic heterocycles. The fourth-order valence-electron chi connectivity index (χ4n) is 4.38. The number of likely N-dealkylation sites (tertiary alicyclic amines) is 1. The van der Waals surface area contributed by atoms with Gasteiger partial charge in [-0.2, -0.15) is 0 Å². The molecule has 8 nitrogen and oxygen atoms in total. The monoisotopic (exact) mass is 409 g/mol. The lowest BCUT2D eigenvalue weighted by Gasteiger charge is -2.39. The maximum Gasteiger partial charge on any atom is 0.239 e. The average Bonchev–Trinajstić information content (AvgIpc) is 3.31. The Morgan fingerprint density at radius 3 is 2.45 bits per heavy atom. The molecule has 166 valence electrons. The van der Waals surface area contributed by atoms with E-state index in [2.05, 4.69) is 27.0 Å². The van der Waals surface area contributed by atoms with Gasteiger partial charge in [-0.15, -0.1) is 0 Å². The van der Waals surface area contributed by atoms with Crippen molar-refractivity contribution in [3.05, 3.63) is 0 Å². The number of guanidine groups is 1. The zero-order chi connectivity index (χ0) is 20.5. The molecule has 1 N–H and O–H groups in total. The summed E-state index contributed by atoms with van der Waals surface area (Å²) in [5.41, 5.74) is 0. The van der Waals surface area contributed by atoms with Gasteiger partial charge >= 0.3 is 0 Å². The Morgan fingerprint density at radius 2 is 1.79 bits per heavy atom. The Labute approximate surface area is 175 Å². The van der Waals surface area contributed by atoms with Crippen molar-refractivity contribution in [2.75, 3.05) is 72.7 Å². The van der Waals surface area contributed by atoms with Crippen LogP contribution in [0.25, 0.3) is 0 Å². The molecule has 0 aliphatic carbocycles. The minimum absolute atomic E-state index is 0.0208. The lowest BCUT2D eigenvalue weighted by Crippen LogP contribution is -2.57. The van der Waals surface area contributed by atoms with Crippen molar-refractivity contribution < 1.29 is 14.3 Å². The first-order chi connectivity index (χ1) is 14.2. The minimum atomic E-state index is -0.0208. The molecule has 1 atom stereocenters. The van der Waals surface area contributed by atoms with Crippen molar-refractivity contribution in [3.63, 3.8) is 0 Å². The Balaban J connectivity index is 1.32.